The van der Waals surface area contributed by atoms with Crippen LogP contribution in [0.4, 0.5) is 5.95 Å². The summed E-state index contributed by atoms with van der Waals surface area (Å²) in [6.07, 6.45) is 0. The molecule has 7 nitrogen and oxygen atoms in total. The summed E-state index contributed by atoms with van der Waals surface area (Å²) in [4.78, 5) is 8.30. The third-order valence-corrected chi connectivity index (χ3v) is 3.18. The minimum atomic E-state index is 0.299. The first-order valence-electron chi connectivity index (χ1n) is 6.79. The van der Waals surface area contributed by atoms with Gasteiger partial charge in [0.25, 0.3) is 0 Å². The van der Waals surface area contributed by atoms with Crippen molar-refractivity contribution in [1.82, 2.24) is 15.3 Å². The van der Waals surface area contributed by atoms with Gasteiger partial charge in [-0.15, -0.1) is 0 Å². The lowest BCUT2D eigenvalue weighted by Crippen LogP contribution is -2.28. The highest BCUT2D eigenvalue weighted by Gasteiger charge is 2.07. The lowest BCUT2D eigenvalue weighted by molar-refractivity contribution is 0.373. The van der Waals surface area contributed by atoms with Gasteiger partial charge in [0, 0.05) is 6.54 Å². The summed E-state index contributed by atoms with van der Waals surface area (Å²) >= 11 is 5.23. The molecule has 0 unspecified atom stereocenters. The number of hydrogen-bond acceptors (Lipinski definition) is 6. The van der Waals surface area contributed by atoms with Gasteiger partial charge in [-0.2, -0.15) is 9.97 Å². The molecule has 0 bridgehead atoms. The number of thiocarbonyl (C=S) groups is 1. The molecule has 1 aromatic heterocycles. The maximum absolute atomic E-state index is 5.23. The summed E-state index contributed by atoms with van der Waals surface area (Å²) in [6.45, 7) is 0.566. The largest absolute Gasteiger partial charge is 0.497 e. The highest BCUT2D eigenvalue weighted by Crippen LogP contribution is 2.17. The standard InChI is InChI=1S/C15H18N4O3S/c1-20-11-6-4-10(5-7-11)9-16-15(23)19-14-17-12(21-2)8-13(18-14)22-3/h4-8H,9H2,1-3H3,(H2,16,17,18,19,23). The first-order chi connectivity index (χ1) is 11.1. The van der Waals surface area contributed by atoms with Crippen LogP contribution in [0.1, 0.15) is 5.56 Å². The predicted molar refractivity (Wildman–Crippen MR) is 91.2 cm³/mol. The van der Waals surface area contributed by atoms with E-state index in [-0.39, 0.29) is 0 Å². The monoisotopic (exact) mass is 334 g/mol. The Balaban J connectivity index is 1.93. The zero-order chi connectivity index (χ0) is 16.7. The molecule has 0 aliphatic rings. The van der Waals surface area contributed by atoms with E-state index in [2.05, 4.69) is 20.6 Å². The minimum absolute atomic E-state index is 0.299. The first kappa shape index (κ1) is 16.8. The van der Waals surface area contributed by atoms with Crippen LogP contribution in [-0.2, 0) is 6.54 Å². The van der Waals surface area contributed by atoms with Gasteiger partial charge in [-0.05, 0) is 29.9 Å². The summed E-state index contributed by atoms with van der Waals surface area (Å²) in [5.41, 5.74) is 1.07. The fourth-order valence-electron chi connectivity index (χ4n) is 1.74. The number of aromatic nitrogens is 2. The van der Waals surface area contributed by atoms with Crippen molar-refractivity contribution in [2.45, 2.75) is 6.54 Å². The van der Waals surface area contributed by atoms with E-state index in [0.29, 0.717) is 29.4 Å². The Morgan fingerprint density at radius 1 is 1.00 bits per heavy atom. The molecule has 0 radical (unpaired) electrons. The van der Waals surface area contributed by atoms with Gasteiger partial charge in [0.1, 0.15) is 5.75 Å². The van der Waals surface area contributed by atoms with E-state index in [4.69, 9.17) is 26.4 Å². The molecule has 122 valence electrons. The predicted octanol–water partition coefficient (Wildman–Crippen LogP) is 1.99. The quantitative estimate of drug-likeness (QED) is 0.777. The number of anilines is 1. The van der Waals surface area contributed by atoms with E-state index in [0.717, 1.165) is 11.3 Å². The molecule has 0 aliphatic carbocycles. The van der Waals surface area contributed by atoms with E-state index < -0.39 is 0 Å². The van der Waals surface area contributed by atoms with E-state index in [1.165, 1.54) is 14.2 Å². The zero-order valence-electron chi connectivity index (χ0n) is 13.1. The second-order valence-electron chi connectivity index (χ2n) is 4.43. The average Bonchev–Trinajstić information content (AvgIpc) is 2.60. The maximum atomic E-state index is 5.23. The first-order valence-corrected chi connectivity index (χ1v) is 7.20. The number of hydrogen-bond donors (Lipinski definition) is 2. The summed E-state index contributed by atoms with van der Waals surface area (Å²) in [7, 11) is 4.67. The molecule has 0 saturated heterocycles. The molecule has 2 aromatic rings. The Bertz CT molecular complexity index is 642. The Morgan fingerprint density at radius 2 is 1.61 bits per heavy atom. The van der Waals surface area contributed by atoms with Gasteiger partial charge >= 0.3 is 0 Å². The van der Waals surface area contributed by atoms with Crippen LogP contribution in [0, 0.1) is 0 Å². The summed E-state index contributed by atoms with van der Waals surface area (Å²) in [6, 6.07) is 9.28. The maximum Gasteiger partial charge on any atom is 0.235 e. The van der Waals surface area contributed by atoms with Gasteiger partial charge in [0.15, 0.2) is 5.11 Å². The van der Waals surface area contributed by atoms with Gasteiger partial charge in [-0.1, -0.05) is 12.1 Å². The van der Waals surface area contributed by atoms with Crippen molar-refractivity contribution in [3.8, 4) is 17.5 Å². The molecular formula is C15H18N4O3S. The van der Waals surface area contributed by atoms with Crippen molar-refractivity contribution >= 4 is 23.3 Å². The van der Waals surface area contributed by atoms with Gasteiger partial charge in [-0.25, -0.2) is 0 Å². The van der Waals surface area contributed by atoms with Crippen molar-refractivity contribution in [3.05, 3.63) is 35.9 Å². The molecule has 1 aromatic carbocycles. The summed E-state index contributed by atoms with van der Waals surface area (Å²) in [5, 5.41) is 6.37. The van der Waals surface area contributed by atoms with Crippen LogP contribution in [0.25, 0.3) is 0 Å². The van der Waals surface area contributed by atoms with Crippen molar-refractivity contribution in [1.29, 1.82) is 0 Å². The van der Waals surface area contributed by atoms with E-state index >= 15 is 0 Å². The van der Waals surface area contributed by atoms with Crippen LogP contribution in [0.15, 0.2) is 30.3 Å². The SMILES string of the molecule is COc1ccc(CNC(=S)Nc2nc(OC)cc(OC)n2)cc1. The van der Waals surface area contributed by atoms with Gasteiger partial charge < -0.3 is 24.8 Å². The minimum Gasteiger partial charge on any atom is -0.497 e. The van der Waals surface area contributed by atoms with Gasteiger partial charge in [-0.3, -0.25) is 0 Å². The van der Waals surface area contributed by atoms with Crippen molar-refractivity contribution < 1.29 is 14.2 Å². The van der Waals surface area contributed by atoms with E-state index in [1.807, 2.05) is 24.3 Å². The number of nitrogens with zero attached hydrogens (tertiary/aromatic N) is 2. The van der Waals surface area contributed by atoms with Crippen LogP contribution >= 0.6 is 12.2 Å². The van der Waals surface area contributed by atoms with Crippen LogP contribution in [0.3, 0.4) is 0 Å². The second kappa shape index (κ2) is 8.14. The second-order valence-corrected chi connectivity index (χ2v) is 4.84. The highest BCUT2D eigenvalue weighted by molar-refractivity contribution is 7.80. The Morgan fingerprint density at radius 3 is 2.13 bits per heavy atom. The lowest BCUT2D eigenvalue weighted by Gasteiger charge is -2.11. The lowest BCUT2D eigenvalue weighted by atomic mass is 10.2. The zero-order valence-corrected chi connectivity index (χ0v) is 13.9. The van der Waals surface area contributed by atoms with Gasteiger partial charge in [0.2, 0.25) is 17.7 Å². The van der Waals surface area contributed by atoms with Gasteiger partial charge in [0.05, 0.1) is 27.4 Å². The molecular weight excluding hydrogens is 316 g/mol. The van der Waals surface area contributed by atoms with Crippen LogP contribution in [0.5, 0.6) is 17.5 Å². The number of nitrogens with one attached hydrogen (secondary N) is 2. The molecule has 0 aliphatic heterocycles. The molecule has 0 fully saturated rings. The van der Waals surface area contributed by atoms with E-state index in [1.54, 1.807) is 13.2 Å². The number of benzene rings is 1. The average molecular weight is 334 g/mol. The highest BCUT2D eigenvalue weighted by atomic mass is 32.1. The number of rotatable bonds is 6. The Kier molecular flexibility index (Phi) is 5.93. The fraction of sp³-hybridized carbons (Fsp3) is 0.267. The molecule has 0 amide bonds. The number of ether oxygens (including phenoxy) is 3. The Labute approximate surface area is 140 Å². The molecule has 8 heteroatoms. The van der Waals surface area contributed by atoms with Crippen LogP contribution in [0.2, 0.25) is 0 Å². The summed E-state index contributed by atoms with van der Waals surface area (Å²) < 4.78 is 15.3. The molecule has 0 spiro atoms. The summed E-state index contributed by atoms with van der Waals surface area (Å²) in [5.74, 6) is 1.88. The normalized spacial score (nSPS) is 9.87. The molecule has 0 atom stereocenters. The smallest absolute Gasteiger partial charge is 0.235 e. The van der Waals surface area contributed by atoms with Crippen molar-refractivity contribution in [2.24, 2.45) is 0 Å². The Hall–Kier alpha value is -2.61. The third-order valence-electron chi connectivity index (χ3n) is 2.93. The molecule has 0 saturated carbocycles. The van der Waals surface area contributed by atoms with Crippen molar-refractivity contribution in [3.63, 3.8) is 0 Å². The molecule has 1 heterocycles. The van der Waals surface area contributed by atoms with Crippen molar-refractivity contribution in [2.75, 3.05) is 26.6 Å². The molecule has 2 rings (SSSR count). The van der Waals surface area contributed by atoms with Crippen LogP contribution in [-0.4, -0.2) is 36.4 Å². The van der Waals surface area contributed by atoms with E-state index in [9.17, 15) is 0 Å². The van der Waals surface area contributed by atoms with Crippen LogP contribution < -0.4 is 24.8 Å². The molecule has 23 heavy (non-hydrogen) atoms. The topological polar surface area (TPSA) is 77.5 Å². The number of methoxy groups -OCH3 is 3. The third kappa shape index (κ3) is 4.96. The molecule has 2 N–H and O–H groups in total. The fourth-order valence-corrected chi connectivity index (χ4v) is 1.90.